The van der Waals surface area contributed by atoms with Gasteiger partial charge in [-0.1, -0.05) is 34.1 Å². The zero-order valence-electron chi connectivity index (χ0n) is 29.5. The van der Waals surface area contributed by atoms with Gasteiger partial charge in [0.05, 0.1) is 25.2 Å². The topological polar surface area (TPSA) is 284 Å². The van der Waals surface area contributed by atoms with E-state index in [0.717, 1.165) is 0 Å². The van der Waals surface area contributed by atoms with E-state index in [1.54, 1.807) is 20.8 Å². The zero-order chi connectivity index (χ0) is 37.7. The average molecular weight is 719 g/mol. The second kappa shape index (κ2) is 24.6. The summed E-state index contributed by atoms with van der Waals surface area (Å²) in [5.41, 5.74) is 11.3. The summed E-state index contributed by atoms with van der Waals surface area (Å²) in [6.45, 7) is 7.82. The number of hydrogen-bond donors (Lipinski definition) is 10. The smallest absolute Gasteiger partial charge is 0.326 e. The highest BCUT2D eigenvalue weighted by Gasteiger charge is 2.33. The molecule has 0 bridgehead atoms. The lowest BCUT2D eigenvalue weighted by atomic mass is 9.97. The van der Waals surface area contributed by atoms with Crippen LogP contribution >= 0.6 is 11.8 Å². The number of aliphatic hydroxyl groups excluding tert-OH is 1. The van der Waals surface area contributed by atoms with E-state index < -0.39 is 90.8 Å². The fourth-order valence-electron chi connectivity index (χ4n) is 4.51. The van der Waals surface area contributed by atoms with Gasteiger partial charge in [-0.25, -0.2) is 4.79 Å². The van der Waals surface area contributed by atoms with Gasteiger partial charge in [-0.2, -0.15) is 11.8 Å². The molecule has 7 atom stereocenters. The highest BCUT2D eigenvalue weighted by Crippen LogP contribution is 2.11. The molecule has 0 rings (SSSR count). The van der Waals surface area contributed by atoms with E-state index in [-0.39, 0.29) is 31.1 Å². The van der Waals surface area contributed by atoms with Crippen molar-refractivity contribution in [2.45, 2.75) is 109 Å². The van der Waals surface area contributed by atoms with Crippen LogP contribution in [0.5, 0.6) is 0 Å². The van der Waals surface area contributed by atoms with E-state index in [4.69, 9.17) is 11.5 Å². The summed E-state index contributed by atoms with van der Waals surface area (Å²) in [6, 6.07) is -5.34. The van der Waals surface area contributed by atoms with Crippen molar-refractivity contribution in [3.63, 3.8) is 0 Å². The quantitative estimate of drug-likeness (QED) is 0.0456. The highest BCUT2D eigenvalue weighted by atomic mass is 32.2. The number of carboxylic acid groups (broad SMARTS) is 1. The van der Waals surface area contributed by atoms with Gasteiger partial charge in [-0.3, -0.25) is 28.8 Å². The van der Waals surface area contributed by atoms with Crippen molar-refractivity contribution >= 4 is 53.2 Å². The molecule has 0 aromatic rings. The number of thioether (sulfide) groups is 1. The van der Waals surface area contributed by atoms with Crippen LogP contribution in [0.3, 0.4) is 0 Å². The summed E-state index contributed by atoms with van der Waals surface area (Å²) in [5, 5.41) is 33.9. The molecular weight excluding hydrogens is 660 g/mol. The molecule has 0 aromatic carbocycles. The van der Waals surface area contributed by atoms with Crippen LogP contribution in [0.15, 0.2) is 0 Å². The Morgan fingerprint density at radius 3 is 1.88 bits per heavy atom. The van der Waals surface area contributed by atoms with Crippen LogP contribution in [0.25, 0.3) is 0 Å². The minimum Gasteiger partial charge on any atom is -0.480 e. The Kier molecular flexibility index (Phi) is 22.9. The van der Waals surface area contributed by atoms with Crippen LogP contribution in [0.4, 0.5) is 0 Å². The molecule has 12 N–H and O–H groups in total. The van der Waals surface area contributed by atoms with Crippen molar-refractivity contribution in [2.24, 2.45) is 23.3 Å². The van der Waals surface area contributed by atoms with Crippen molar-refractivity contribution in [3.8, 4) is 0 Å². The second-order valence-corrected chi connectivity index (χ2v) is 13.4. The molecule has 49 heavy (non-hydrogen) atoms. The number of carbonyl (C=O) groups excluding carboxylic acids is 6. The van der Waals surface area contributed by atoms with Crippen LogP contribution in [-0.4, -0.2) is 120 Å². The number of amides is 6. The van der Waals surface area contributed by atoms with Gasteiger partial charge in [0.15, 0.2) is 0 Å². The molecular formula is C31H58N8O9S. The molecule has 0 saturated carbocycles. The Balaban J connectivity index is 5.44. The van der Waals surface area contributed by atoms with Gasteiger partial charge < -0.3 is 53.6 Å². The molecule has 282 valence electrons. The van der Waals surface area contributed by atoms with E-state index in [1.807, 2.05) is 13.2 Å². The molecule has 0 aromatic heterocycles. The number of nitrogens with two attached hydrogens (primary N) is 2. The van der Waals surface area contributed by atoms with Crippen molar-refractivity contribution in [1.82, 2.24) is 31.9 Å². The number of aliphatic carboxylic acids is 1. The molecule has 17 nitrogen and oxygen atoms in total. The minimum absolute atomic E-state index is 0.00371. The third-order valence-corrected chi connectivity index (χ3v) is 8.31. The number of nitrogens with one attached hydrogen (secondary N) is 6. The van der Waals surface area contributed by atoms with Crippen LogP contribution in [0.2, 0.25) is 0 Å². The summed E-state index contributed by atoms with van der Waals surface area (Å²) < 4.78 is 0. The molecule has 1 unspecified atom stereocenters. The van der Waals surface area contributed by atoms with Gasteiger partial charge in [-0.05, 0) is 69.4 Å². The predicted molar refractivity (Wildman–Crippen MR) is 186 cm³/mol. The third kappa shape index (κ3) is 18.7. The Labute approximate surface area is 293 Å². The normalized spacial score (nSPS) is 15.4. The van der Waals surface area contributed by atoms with Crippen LogP contribution in [0, 0.1) is 11.8 Å². The van der Waals surface area contributed by atoms with Gasteiger partial charge in [0.2, 0.25) is 35.4 Å². The number of rotatable bonds is 25. The van der Waals surface area contributed by atoms with Gasteiger partial charge in [0.25, 0.3) is 0 Å². The maximum atomic E-state index is 13.5. The average Bonchev–Trinajstić information content (AvgIpc) is 3.03. The first-order chi connectivity index (χ1) is 23.0. The molecule has 0 fully saturated rings. The van der Waals surface area contributed by atoms with Crippen molar-refractivity contribution in [2.75, 3.05) is 31.6 Å². The van der Waals surface area contributed by atoms with E-state index in [0.29, 0.717) is 31.6 Å². The summed E-state index contributed by atoms with van der Waals surface area (Å²) >= 11 is 1.44. The molecule has 0 spiro atoms. The van der Waals surface area contributed by atoms with Gasteiger partial charge in [0, 0.05) is 0 Å². The van der Waals surface area contributed by atoms with Crippen molar-refractivity contribution < 1.29 is 43.8 Å². The van der Waals surface area contributed by atoms with Crippen LogP contribution in [0.1, 0.15) is 73.1 Å². The molecule has 0 aliphatic rings. The highest BCUT2D eigenvalue weighted by molar-refractivity contribution is 7.98. The van der Waals surface area contributed by atoms with E-state index in [2.05, 4.69) is 31.9 Å². The molecule has 6 amide bonds. The molecule has 18 heteroatoms. The number of unbranched alkanes of at least 4 members (excludes halogenated alkanes) is 1. The van der Waals surface area contributed by atoms with Crippen molar-refractivity contribution in [1.29, 1.82) is 0 Å². The summed E-state index contributed by atoms with van der Waals surface area (Å²) in [6.07, 6.45) is 2.99. The minimum atomic E-state index is -1.21. The Morgan fingerprint density at radius 2 is 1.35 bits per heavy atom. The maximum Gasteiger partial charge on any atom is 0.326 e. The Morgan fingerprint density at radius 1 is 0.735 bits per heavy atom. The number of hydrogen-bond acceptors (Lipinski definition) is 11. The first-order valence-corrected chi connectivity index (χ1v) is 18.0. The molecule has 0 aliphatic carbocycles. The predicted octanol–water partition coefficient (Wildman–Crippen LogP) is -2.08. The zero-order valence-corrected chi connectivity index (χ0v) is 30.3. The van der Waals surface area contributed by atoms with Crippen molar-refractivity contribution in [3.05, 3.63) is 0 Å². The van der Waals surface area contributed by atoms with Gasteiger partial charge in [0.1, 0.15) is 24.2 Å². The fourth-order valence-corrected chi connectivity index (χ4v) is 4.98. The molecule has 0 heterocycles. The lowest BCUT2D eigenvalue weighted by molar-refractivity contribution is -0.142. The summed E-state index contributed by atoms with van der Waals surface area (Å²) in [4.78, 5) is 88.5. The molecule has 0 aliphatic heterocycles. The van der Waals surface area contributed by atoms with Crippen LogP contribution < -0.4 is 43.4 Å². The third-order valence-electron chi connectivity index (χ3n) is 7.67. The largest absolute Gasteiger partial charge is 0.480 e. The Hall–Kier alpha value is -3.48. The first kappa shape index (κ1) is 45.5. The fraction of sp³-hybridized carbons (Fsp3) is 0.774. The maximum absolute atomic E-state index is 13.5. The first-order valence-electron chi connectivity index (χ1n) is 16.6. The Bertz CT molecular complexity index is 1100. The lowest BCUT2D eigenvalue weighted by Gasteiger charge is -2.28. The number of carbonyl (C=O) groups is 7. The number of carboxylic acids is 1. The monoisotopic (exact) mass is 718 g/mol. The van der Waals surface area contributed by atoms with E-state index in [1.165, 1.54) is 18.7 Å². The SMILES string of the molecule is CCC(C)[C@H](NC(=O)[C@H](CCSC)NC(=O)[C@@H](NC(=O)[C@@H](N)C[C@@H](C)O)C(C)C)C(=O)NCC(=O)NCC(=O)N[C@@H](CCCCN)C(=O)O. The summed E-state index contributed by atoms with van der Waals surface area (Å²) in [5.74, 6) is -5.45. The van der Waals surface area contributed by atoms with E-state index >= 15 is 0 Å². The second-order valence-electron chi connectivity index (χ2n) is 12.4. The van der Waals surface area contributed by atoms with E-state index in [9.17, 15) is 43.8 Å². The molecule has 0 saturated heterocycles. The molecule has 0 radical (unpaired) electrons. The lowest BCUT2D eigenvalue weighted by Crippen LogP contribution is -2.60. The number of aliphatic hydroxyl groups is 1. The van der Waals surface area contributed by atoms with Gasteiger partial charge >= 0.3 is 5.97 Å². The van der Waals surface area contributed by atoms with Gasteiger partial charge in [-0.15, -0.1) is 0 Å². The summed E-state index contributed by atoms with van der Waals surface area (Å²) in [7, 11) is 0. The van der Waals surface area contributed by atoms with Crippen LogP contribution in [-0.2, 0) is 33.6 Å². The standard InChI is InChI=1S/C31H58N8O9S/c1-7-18(4)26(29(45)35-15-23(41)34-16-24(42)36-22(31(47)48)10-8-9-12-32)39-28(44)21(11-13-49-6)37-30(46)25(17(2)3)38-27(43)20(33)14-19(5)40/h17-22,25-26,40H,7-16,32-33H2,1-6H3,(H,34,41)(H,35,45)(H,36,42)(H,37,46)(H,38,43)(H,39,44)(H,47,48)/t18?,19-,20+,21+,22+,25+,26+/m1/s1.